The third kappa shape index (κ3) is 6.05. The van der Waals surface area contributed by atoms with Crippen molar-refractivity contribution in [2.24, 2.45) is 7.05 Å². The Balaban J connectivity index is 1.14. The molecule has 4 heterocycles. The van der Waals surface area contributed by atoms with Crippen LogP contribution in [-0.2, 0) is 29.5 Å². The summed E-state index contributed by atoms with van der Waals surface area (Å²) in [4.78, 5) is 38.6. The summed E-state index contributed by atoms with van der Waals surface area (Å²) in [5.41, 5.74) is 2.93. The van der Waals surface area contributed by atoms with Crippen LogP contribution in [-0.4, -0.2) is 64.7 Å². The molecule has 1 aliphatic heterocycles. The maximum atomic E-state index is 15.2. The lowest BCUT2D eigenvalue weighted by Crippen LogP contribution is -2.37. The molecule has 0 atom stereocenters. The van der Waals surface area contributed by atoms with Crippen LogP contribution < -0.4 is 15.0 Å². The number of para-hydroxylation sites is 1. The van der Waals surface area contributed by atoms with Crippen LogP contribution in [0.15, 0.2) is 73.1 Å². The predicted octanol–water partition coefficient (Wildman–Crippen LogP) is 5.38. The number of imide groups is 1. The van der Waals surface area contributed by atoms with Crippen molar-refractivity contribution < 1.29 is 23.5 Å². The second-order valence-electron chi connectivity index (χ2n) is 10.3. The van der Waals surface area contributed by atoms with E-state index in [9.17, 15) is 9.59 Å². The van der Waals surface area contributed by atoms with Gasteiger partial charge in [0.05, 0.1) is 40.0 Å². The number of urea groups is 1. The molecule has 12 heteroatoms. The van der Waals surface area contributed by atoms with Gasteiger partial charge in [0.15, 0.2) is 11.6 Å². The molecule has 1 fully saturated rings. The highest BCUT2D eigenvalue weighted by Gasteiger charge is 2.33. The lowest BCUT2D eigenvalue weighted by atomic mass is 10.1. The van der Waals surface area contributed by atoms with Gasteiger partial charge in [-0.25, -0.2) is 14.2 Å². The minimum absolute atomic E-state index is 0.0255. The van der Waals surface area contributed by atoms with E-state index < -0.39 is 5.82 Å². The molecule has 0 spiro atoms. The Bertz CT molecular complexity index is 1810. The van der Waals surface area contributed by atoms with Crippen molar-refractivity contribution >= 4 is 39.2 Å². The number of methoxy groups -OCH3 is 1. The molecule has 5 aromatic rings. The van der Waals surface area contributed by atoms with E-state index in [1.165, 1.54) is 28.4 Å². The zero-order chi connectivity index (χ0) is 30.6. The number of fused-ring (bicyclic) bond motifs is 1. The fourth-order valence-electron chi connectivity index (χ4n) is 5.08. The summed E-state index contributed by atoms with van der Waals surface area (Å²) in [5, 5.41) is 3.33. The molecule has 6 rings (SSSR count). The third-order valence-corrected chi connectivity index (χ3v) is 8.55. The summed E-state index contributed by atoms with van der Waals surface area (Å²) in [6.07, 6.45) is 3.35. The van der Waals surface area contributed by atoms with E-state index in [0.29, 0.717) is 36.5 Å². The Hall–Kier alpha value is -4.65. The van der Waals surface area contributed by atoms with Crippen LogP contribution in [0.5, 0.6) is 11.5 Å². The molecule has 1 aliphatic rings. The zero-order valence-electron chi connectivity index (χ0n) is 24.3. The van der Waals surface area contributed by atoms with Gasteiger partial charge in [0.25, 0.3) is 0 Å². The first-order chi connectivity index (χ1) is 21.4. The molecule has 0 aliphatic carbocycles. The first-order valence-electron chi connectivity index (χ1n) is 14.2. The van der Waals surface area contributed by atoms with Gasteiger partial charge in [-0.1, -0.05) is 24.3 Å². The van der Waals surface area contributed by atoms with E-state index in [4.69, 9.17) is 9.47 Å². The Kier molecular flexibility index (Phi) is 8.64. The number of carbonyl (C=O) groups is 2. The van der Waals surface area contributed by atoms with E-state index in [2.05, 4.69) is 15.3 Å². The summed E-state index contributed by atoms with van der Waals surface area (Å²) in [7, 11) is 3.63. The largest absolute Gasteiger partial charge is 0.453 e. The average molecular weight is 615 g/mol. The standard InChI is InChI=1S/C32H31FN6O4S/c1-37-23(19-34-12-15-42-2)20-36-31(37)28-18-25-30(44-28)27(10-11-35-25)43-26-9-8-21(16-24(26)33)17-29(40)39-14-13-38(32(39)41)22-6-4-3-5-7-22/h3-11,16,18,20,34H,12-15,17,19H2,1-2H3. The predicted molar refractivity (Wildman–Crippen MR) is 166 cm³/mol. The maximum absolute atomic E-state index is 15.2. The van der Waals surface area contributed by atoms with Crippen molar-refractivity contribution in [3.05, 3.63) is 90.1 Å². The van der Waals surface area contributed by atoms with E-state index >= 15 is 4.39 Å². The summed E-state index contributed by atoms with van der Waals surface area (Å²) in [6, 6.07) is 16.9. The lowest BCUT2D eigenvalue weighted by Gasteiger charge is -2.17. The number of halogens is 1. The van der Waals surface area contributed by atoms with Crippen LogP contribution in [0.4, 0.5) is 14.9 Å². The number of carbonyl (C=O) groups excluding carboxylic acids is 2. The number of amides is 3. The van der Waals surface area contributed by atoms with Gasteiger partial charge < -0.3 is 19.4 Å². The first kappa shape index (κ1) is 29.4. The summed E-state index contributed by atoms with van der Waals surface area (Å²) in [5.74, 6) is 0.300. The number of rotatable bonds is 11. The molecular formula is C32H31FN6O4S. The van der Waals surface area contributed by atoms with Gasteiger partial charge in [0.1, 0.15) is 11.6 Å². The van der Waals surface area contributed by atoms with Crippen molar-refractivity contribution in [1.29, 1.82) is 0 Å². The molecule has 0 bridgehead atoms. The number of anilines is 1. The molecule has 2 aromatic carbocycles. The number of nitrogens with zero attached hydrogens (tertiary/aromatic N) is 5. The molecule has 0 radical (unpaired) electrons. The quantitative estimate of drug-likeness (QED) is 0.200. The Morgan fingerprint density at radius 3 is 2.70 bits per heavy atom. The van der Waals surface area contributed by atoms with Crippen molar-refractivity contribution in [1.82, 2.24) is 24.8 Å². The minimum Gasteiger partial charge on any atom is -0.453 e. The van der Waals surface area contributed by atoms with Gasteiger partial charge in [0.2, 0.25) is 5.91 Å². The number of benzene rings is 2. The van der Waals surface area contributed by atoms with E-state index in [1.807, 2.05) is 54.2 Å². The number of pyridine rings is 1. The van der Waals surface area contributed by atoms with Crippen molar-refractivity contribution in [2.45, 2.75) is 13.0 Å². The van der Waals surface area contributed by atoms with Gasteiger partial charge in [-0.3, -0.25) is 19.6 Å². The zero-order valence-corrected chi connectivity index (χ0v) is 25.1. The normalized spacial score (nSPS) is 13.3. The highest BCUT2D eigenvalue weighted by molar-refractivity contribution is 7.22. The second-order valence-corrected chi connectivity index (χ2v) is 11.3. The van der Waals surface area contributed by atoms with E-state index in [1.54, 1.807) is 30.3 Å². The third-order valence-electron chi connectivity index (χ3n) is 7.42. The van der Waals surface area contributed by atoms with E-state index in [0.717, 1.165) is 33.3 Å². The van der Waals surface area contributed by atoms with Crippen LogP contribution >= 0.6 is 11.3 Å². The van der Waals surface area contributed by atoms with Crippen LogP contribution in [0, 0.1) is 5.82 Å². The number of hydrogen-bond donors (Lipinski definition) is 1. The summed E-state index contributed by atoms with van der Waals surface area (Å²) in [6.45, 7) is 2.72. The van der Waals surface area contributed by atoms with Gasteiger partial charge in [-0.15, -0.1) is 11.3 Å². The highest BCUT2D eigenvalue weighted by Crippen LogP contribution is 2.39. The minimum atomic E-state index is -0.606. The topological polar surface area (TPSA) is 102 Å². The number of nitrogens with one attached hydrogen (secondary N) is 1. The number of aromatic nitrogens is 3. The fraction of sp³-hybridized carbons (Fsp3) is 0.250. The monoisotopic (exact) mass is 614 g/mol. The molecule has 0 unspecified atom stereocenters. The molecular weight excluding hydrogens is 583 g/mol. The Labute approximate surface area is 257 Å². The molecule has 226 valence electrons. The van der Waals surface area contributed by atoms with Crippen molar-refractivity contribution in [3.8, 4) is 22.2 Å². The molecule has 1 saturated heterocycles. The van der Waals surface area contributed by atoms with Crippen molar-refractivity contribution in [2.75, 3.05) is 38.3 Å². The smallest absolute Gasteiger partial charge is 0.331 e. The lowest BCUT2D eigenvalue weighted by molar-refractivity contribution is -0.126. The first-order valence-corrected chi connectivity index (χ1v) is 15.0. The number of ether oxygens (including phenoxy) is 2. The van der Waals surface area contributed by atoms with Gasteiger partial charge >= 0.3 is 6.03 Å². The number of hydrogen-bond acceptors (Lipinski definition) is 8. The molecule has 10 nitrogen and oxygen atoms in total. The summed E-state index contributed by atoms with van der Waals surface area (Å²) >= 11 is 1.47. The van der Waals surface area contributed by atoms with Crippen LogP contribution in [0.25, 0.3) is 20.9 Å². The fourth-order valence-corrected chi connectivity index (χ4v) is 6.17. The van der Waals surface area contributed by atoms with Gasteiger partial charge in [-0.05, 0) is 35.9 Å². The SMILES string of the molecule is COCCNCc1cnc(-c2cc3nccc(Oc4ccc(CC(=O)N5CCN(c6ccccc6)C5=O)cc4F)c3s2)n1C. The number of imidazole rings is 1. The van der Waals surface area contributed by atoms with Crippen LogP contribution in [0.3, 0.4) is 0 Å². The second kappa shape index (κ2) is 12.9. The molecule has 3 aromatic heterocycles. The van der Waals surface area contributed by atoms with Crippen LogP contribution in [0.2, 0.25) is 0 Å². The highest BCUT2D eigenvalue weighted by atomic mass is 32.1. The number of thiophene rings is 1. The van der Waals surface area contributed by atoms with E-state index in [-0.39, 0.29) is 30.7 Å². The molecule has 44 heavy (non-hydrogen) atoms. The Morgan fingerprint density at radius 2 is 1.91 bits per heavy atom. The molecule has 3 amide bonds. The van der Waals surface area contributed by atoms with Gasteiger partial charge in [-0.2, -0.15) is 0 Å². The van der Waals surface area contributed by atoms with Crippen LogP contribution in [0.1, 0.15) is 11.3 Å². The maximum Gasteiger partial charge on any atom is 0.331 e. The van der Waals surface area contributed by atoms with Crippen molar-refractivity contribution in [3.63, 3.8) is 0 Å². The summed E-state index contributed by atoms with van der Waals surface area (Å²) < 4.78 is 29.1. The van der Waals surface area contributed by atoms with Gasteiger partial charge in [0, 0.05) is 58.3 Å². The molecule has 0 saturated carbocycles. The molecule has 1 N–H and O–H groups in total. The Morgan fingerprint density at radius 1 is 1.07 bits per heavy atom. The average Bonchev–Trinajstić information content (AvgIpc) is 3.74.